The lowest BCUT2D eigenvalue weighted by Crippen LogP contribution is -2.42. The Balaban J connectivity index is 2.58. The van der Waals surface area contributed by atoms with Crippen molar-refractivity contribution < 1.29 is 19.1 Å². The van der Waals surface area contributed by atoms with Gasteiger partial charge in [0.15, 0.2) is 0 Å². The highest BCUT2D eigenvalue weighted by molar-refractivity contribution is 9.11. The van der Waals surface area contributed by atoms with E-state index in [0.717, 1.165) is 15.6 Å². The Kier molecular flexibility index (Phi) is 5.98. The third-order valence-electron chi connectivity index (χ3n) is 3.57. The number of halogens is 2. The molecule has 126 valence electrons. The van der Waals surface area contributed by atoms with Gasteiger partial charge in [-0.2, -0.15) is 0 Å². The number of ether oxygens (including phenoxy) is 2. The Morgan fingerprint density at radius 1 is 1.38 bits per heavy atom. The van der Waals surface area contributed by atoms with E-state index in [4.69, 9.17) is 17.3 Å². The van der Waals surface area contributed by atoms with Gasteiger partial charge in [0.25, 0.3) is 0 Å². The molecule has 0 aliphatic rings. The monoisotopic (exact) mass is 456 g/mol. The zero-order valence-corrected chi connectivity index (χ0v) is 16.5. The van der Waals surface area contributed by atoms with Crippen molar-refractivity contribution in [3.63, 3.8) is 0 Å². The third kappa shape index (κ3) is 3.61. The Bertz CT molecular complexity index is 807. The number of amides is 1. The van der Waals surface area contributed by atoms with Crippen LogP contribution in [0.2, 0.25) is 0 Å². The SMILES string of the molecule is [B]c1c(OC)cc(Br)c2[nH]c(Br)c(C[C@H](NC(C)=O)C(=O)OC)c12. The van der Waals surface area contributed by atoms with Crippen molar-refractivity contribution in [1.29, 1.82) is 0 Å². The number of esters is 1. The summed E-state index contributed by atoms with van der Waals surface area (Å²) in [5, 5.41) is 3.31. The average molecular weight is 458 g/mol. The van der Waals surface area contributed by atoms with Crippen LogP contribution in [0.3, 0.4) is 0 Å². The van der Waals surface area contributed by atoms with Crippen LogP contribution < -0.4 is 15.5 Å². The fourth-order valence-corrected chi connectivity index (χ4v) is 3.58. The molecular weight excluding hydrogens is 443 g/mol. The van der Waals surface area contributed by atoms with E-state index in [1.807, 2.05) is 0 Å². The van der Waals surface area contributed by atoms with Crippen LogP contribution in [0.25, 0.3) is 10.9 Å². The van der Waals surface area contributed by atoms with Crippen LogP contribution in [0, 0.1) is 0 Å². The van der Waals surface area contributed by atoms with Crippen molar-refractivity contribution >= 4 is 67.9 Å². The van der Waals surface area contributed by atoms with Crippen LogP contribution in [0.15, 0.2) is 15.1 Å². The van der Waals surface area contributed by atoms with Crippen LogP contribution in [0.4, 0.5) is 0 Å². The Morgan fingerprint density at radius 3 is 2.58 bits per heavy atom. The lowest BCUT2D eigenvalue weighted by atomic mass is 9.88. The highest BCUT2D eigenvalue weighted by atomic mass is 79.9. The molecule has 1 atom stereocenters. The van der Waals surface area contributed by atoms with E-state index in [1.165, 1.54) is 21.1 Å². The predicted molar refractivity (Wildman–Crippen MR) is 99.0 cm³/mol. The third-order valence-corrected chi connectivity index (χ3v) is 4.88. The Morgan fingerprint density at radius 2 is 2.04 bits per heavy atom. The van der Waals surface area contributed by atoms with Crippen LogP contribution in [0.5, 0.6) is 5.75 Å². The molecule has 2 radical (unpaired) electrons. The van der Waals surface area contributed by atoms with E-state index < -0.39 is 12.0 Å². The maximum Gasteiger partial charge on any atom is 0.328 e. The number of carbonyl (C=O) groups is 2. The van der Waals surface area contributed by atoms with Gasteiger partial charge in [-0.25, -0.2) is 4.79 Å². The fraction of sp³-hybridized carbons (Fsp3) is 0.333. The first-order valence-electron chi connectivity index (χ1n) is 6.97. The van der Waals surface area contributed by atoms with E-state index in [1.54, 1.807) is 6.07 Å². The van der Waals surface area contributed by atoms with Gasteiger partial charge in [0.2, 0.25) is 5.91 Å². The number of carbonyl (C=O) groups excluding carboxylic acids is 2. The van der Waals surface area contributed by atoms with Gasteiger partial charge < -0.3 is 19.8 Å². The van der Waals surface area contributed by atoms with Crippen LogP contribution in [-0.2, 0) is 20.7 Å². The number of nitrogens with one attached hydrogen (secondary N) is 2. The van der Waals surface area contributed by atoms with E-state index in [2.05, 4.69) is 42.2 Å². The number of H-pyrrole nitrogens is 1. The minimum Gasteiger partial charge on any atom is -0.497 e. The van der Waals surface area contributed by atoms with Crippen LogP contribution in [0.1, 0.15) is 12.5 Å². The summed E-state index contributed by atoms with van der Waals surface area (Å²) in [4.78, 5) is 26.5. The molecule has 0 bridgehead atoms. The van der Waals surface area contributed by atoms with Crippen molar-refractivity contribution in [2.75, 3.05) is 14.2 Å². The smallest absolute Gasteiger partial charge is 0.328 e. The molecule has 0 saturated heterocycles. The molecule has 1 aromatic heterocycles. The van der Waals surface area contributed by atoms with Crippen molar-refractivity contribution in [3.05, 3.63) is 20.7 Å². The minimum atomic E-state index is -0.827. The summed E-state index contributed by atoms with van der Waals surface area (Å²) >= 11 is 6.92. The van der Waals surface area contributed by atoms with Crippen LogP contribution in [-0.4, -0.2) is 45.0 Å². The summed E-state index contributed by atoms with van der Waals surface area (Å²) in [6.07, 6.45) is 0.205. The molecule has 2 N–H and O–H groups in total. The highest BCUT2D eigenvalue weighted by Gasteiger charge is 2.25. The summed E-state index contributed by atoms with van der Waals surface area (Å²) in [5.41, 5.74) is 1.95. The molecule has 24 heavy (non-hydrogen) atoms. The van der Waals surface area contributed by atoms with E-state index in [-0.39, 0.29) is 12.3 Å². The molecule has 0 fully saturated rings. The number of aromatic nitrogens is 1. The molecule has 0 unspecified atom stereocenters. The van der Waals surface area contributed by atoms with Gasteiger partial charge in [0, 0.05) is 23.2 Å². The number of rotatable bonds is 5. The number of fused-ring (bicyclic) bond motifs is 1. The predicted octanol–water partition coefficient (Wildman–Crippen LogP) is 1.72. The second kappa shape index (κ2) is 7.61. The molecule has 0 saturated carbocycles. The number of hydrogen-bond acceptors (Lipinski definition) is 4. The van der Waals surface area contributed by atoms with Crippen molar-refractivity contribution in [2.45, 2.75) is 19.4 Å². The van der Waals surface area contributed by atoms with Gasteiger partial charge in [-0.1, -0.05) is 0 Å². The summed E-state index contributed by atoms with van der Waals surface area (Å²) in [7, 11) is 9.01. The van der Waals surface area contributed by atoms with Crippen molar-refractivity contribution in [1.82, 2.24) is 10.3 Å². The lowest BCUT2D eigenvalue weighted by Gasteiger charge is -2.16. The number of hydrogen-bond donors (Lipinski definition) is 2. The first-order valence-corrected chi connectivity index (χ1v) is 8.55. The first kappa shape index (κ1) is 18.9. The number of benzene rings is 1. The molecule has 1 amide bonds. The van der Waals surface area contributed by atoms with Gasteiger partial charge in [-0.15, -0.1) is 0 Å². The molecule has 0 aliphatic carbocycles. The minimum absolute atomic E-state index is 0.205. The second-order valence-electron chi connectivity index (χ2n) is 5.12. The zero-order chi connectivity index (χ0) is 18.0. The van der Waals surface area contributed by atoms with Crippen molar-refractivity contribution in [3.8, 4) is 5.75 Å². The van der Waals surface area contributed by atoms with Crippen molar-refractivity contribution in [2.24, 2.45) is 0 Å². The standard InChI is InChI=1S/C15H15BBr2N2O4/c1-6(21)19-9(15(22)24-3)4-7-11-12(16)10(23-2)5-8(17)13(11)20-14(7)18/h5,9,20H,4H2,1-3H3,(H,19,21)/t9-/m0/s1. The molecule has 9 heteroatoms. The maximum absolute atomic E-state index is 12.0. The molecule has 2 aromatic rings. The largest absolute Gasteiger partial charge is 0.497 e. The molecule has 1 heterocycles. The van der Waals surface area contributed by atoms with Gasteiger partial charge in [-0.3, -0.25) is 4.79 Å². The molecule has 1 aromatic carbocycles. The zero-order valence-electron chi connectivity index (χ0n) is 13.3. The quantitative estimate of drug-likeness (QED) is 0.529. The Labute approximate surface area is 157 Å². The molecular formula is C15H15BBr2N2O4. The van der Waals surface area contributed by atoms with Gasteiger partial charge in [-0.05, 0) is 49.0 Å². The molecule has 6 nitrogen and oxygen atoms in total. The highest BCUT2D eigenvalue weighted by Crippen LogP contribution is 2.33. The van der Waals surface area contributed by atoms with E-state index in [9.17, 15) is 9.59 Å². The number of aromatic amines is 1. The Hall–Kier alpha value is -1.48. The van der Waals surface area contributed by atoms with Crippen LogP contribution >= 0.6 is 31.9 Å². The van der Waals surface area contributed by atoms with Gasteiger partial charge in [0.1, 0.15) is 19.6 Å². The molecule has 0 aliphatic heterocycles. The topological polar surface area (TPSA) is 80.4 Å². The number of methoxy groups -OCH3 is 2. The first-order chi connectivity index (χ1) is 11.3. The summed E-state index contributed by atoms with van der Waals surface area (Å²) in [6, 6.07) is 0.933. The summed E-state index contributed by atoms with van der Waals surface area (Å²) in [6.45, 7) is 1.34. The normalized spacial score (nSPS) is 12.0. The van der Waals surface area contributed by atoms with E-state index in [0.29, 0.717) is 21.2 Å². The summed E-state index contributed by atoms with van der Waals surface area (Å²) in [5.74, 6) is -0.351. The molecule has 2 rings (SSSR count). The van der Waals surface area contributed by atoms with Gasteiger partial charge >= 0.3 is 5.97 Å². The lowest BCUT2D eigenvalue weighted by molar-refractivity contribution is -0.144. The van der Waals surface area contributed by atoms with E-state index >= 15 is 0 Å². The summed E-state index contributed by atoms with van der Waals surface area (Å²) < 4.78 is 11.5. The van der Waals surface area contributed by atoms with Gasteiger partial charge in [0.05, 0.1) is 24.3 Å². The fourth-order valence-electron chi connectivity index (χ4n) is 2.52. The maximum atomic E-state index is 12.0. The average Bonchev–Trinajstić information content (AvgIpc) is 2.86. The molecule has 0 spiro atoms. The second-order valence-corrected chi connectivity index (χ2v) is 6.77.